The molecule has 0 bridgehead atoms. The van der Waals surface area contributed by atoms with Gasteiger partial charge in [0.2, 0.25) is 0 Å². The minimum absolute atomic E-state index is 0.0253. The highest BCUT2D eigenvalue weighted by Gasteiger charge is 2.45. The Bertz CT molecular complexity index is 588. The predicted molar refractivity (Wildman–Crippen MR) is 87.0 cm³/mol. The highest BCUT2D eigenvalue weighted by molar-refractivity contribution is 5.97. The molecule has 5 heteroatoms. The van der Waals surface area contributed by atoms with Crippen LogP contribution in [-0.4, -0.2) is 49.3 Å². The van der Waals surface area contributed by atoms with E-state index in [1.54, 1.807) is 32.4 Å². The van der Waals surface area contributed by atoms with Crippen molar-refractivity contribution in [3.05, 3.63) is 23.8 Å². The molecule has 1 aliphatic heterocycles. The van der Waals surface area contributed by atoms with Crippen LogP contribution >= 0.6 is 0 Å². The first-order chi connectivity index (χ1) is 11.1. The summed E-state index contributed by atoms with van der Waals surface area (Å²) in [6, 6.07) is 5.27. The van der Waals surface area contributed by atoms with E-state index >= 15 is 0 Å². The number of benzene rings is 1. The van der Waals surface area contributed by atoms with E-state index in [2.05, 4.69) is 0 Å². The van der Waals surface area contributed by atoms with Gasteiger partial charge < -0.3 is 19.5 Å². The van der Waals surface area contributed by atoms with Crippen molar-refractivity contribution in [3.63, 3.8) is 0 Å². The van der Waals surface area contributed by atoms with Crippen LogP contribution in [-0.2, 0) is 0 Å². The molecule has 1 aromatic rings. The summed E-state index contributed by atoms with van der Waals surface area (Å²) >= 11 is 0. The summed E-state index contributed by atoms with van der Waals surface area (Å²) in [5.41, 5.74) is 0.450. The molecule has 1 saturated heterocycles. The molecule has 1 aliphatic carbocycles. The van der Waals surface area contributed by atoms with Gasteiger partial charge in [-0.05, 0) is 37.8 Å². The Morgan fingerprint density at radius 1 is 1.26 bits per heavy atom. The van der Waals surface area contributed by atoms with Crippen LogP contribution in [0.5, 0.6) is 11.5 Å². The van der Waals surface area contributed by atoms with E-state index in [4.69, 9.17) is 9.47 Å². The zero-order chi connectivity index (χ0) is 16.4. The number of methoxy groups -OCH3 is 2. The summed E-state index contributed by atoms with van der Waals surface area (Å²) in [5.74, 6) is 1.17. The van der Waals surface area contributed by atoms with Gasteiger partial charge in [0.15, 0.2) is 0 Å². The van der Waals surface area contributed by atoms with Gasteiger partial charge in [-0.1, -0.05) is 6.42 Å². The number of carbonyl (C=O) groups excluding carboxylic acids is 1. The van der Waals surface area contributed by atoms with Crippen molar-refractivity contribution in [1.82, 2.24) is 4.90 Å². The second kappa shape index (κ2) is 6.40. The second-order valence-corrected chi connectivity index (χ2v) is 6.67. The molecule has 0 aromatic heterocycles. The van der Waals surface area contributed by atoms with Crippen molar-refractivity contribution in [2.45, 2.75) is 38.2 Å². The first-order valence-corrected chi connectivity index (χ1v) is 8.29. The van der Waals surface area contributed by atoms with Gasteiger partial charge in [0.05, 0.1) is 25.9 Å². The van der Waals surface area contributed by atoms with Crippen LogP contribution in [0.15, 0.2) is 18.2 Å². The number of nitrogens with zero attached hydrogens (tertiary/aromatic N) is 1. The van der Waals surface area contributed by atoms with Gasteiger partial charge >= 0.3 is 0 Å². The summed E-state index contributed by atoms with van der Waals surface area (Å²) in [7, 11) is 3.15. The molecule has 3 rings (SSSR count). The Kier molecular flexibility index (Phi) is 4.48. The molecule has 5 nitrogen and oxygen atoms in total. The first kappa shape index (κ1) is 16.1. The Morgan fingerprint density at radius 2 is 2.04 bits per heavy atom. The quantitative estimate of drug-likeness (QED) is 0.930. The molecule has 0 radical (unpaired) electrons. The SMILES string of the molecule is COc1ccc(C(=O)N2CCC[C@@]3(CCC[C@H]3O)C2)c(OC)c1. The smallest absolute Gasteiger partial charge is 0.257 e. The normalized spacial score (nSPS) is 27.3. The first-order valence-electron chi connectivity index (χ1n) is 8.29. The van der Waals surface area contributed by atoms with Gasteiger partial charge in [0.1, 0.15) is 11.5 Å². The van der Waals surface area contributed by atoms with E-state index in [1.807, 2.05) is 4.90 Å². The Hall–Kier alpha value is -1.75. The zero-order valence-electron chi connectivity index (χ0n) is 13.9. The number of carbonyl (C=O) groups is 1. The van der Waals surface area contributed by atoms with Gasteiger partial charge in [-0.25, -0.2) is 0 Å². The number of amides is 1. The molecule has 1 saturated carbocycles. The molecule has 2 atom stereocenters. The topological polar surface area (TPSA) is 59.0 Å². The van der Waals surface area contributed by atoms with Crippen molar-refractivity contribution in [2.75, 3.05) is 27.3 Å². The van der Waals surface area contributed by atoms with Crippen molar-refractivity contribution >= 4 is 5.91 Å². The highest BCUT2D eigenvalue weighted by atomic mass is 16.5. The van der Waals surface area contributed by atoms with Gasteiger partial charge in [-0.15, -0.1) is 0 Å². The average Bonchev–Trinajstić information content (AvgIpc) is 2.93. The highest BCUT2D eigenvalue weighted by Crippen LogP contribution is 2.45. The number of aliphatic hydroxyl groups excluding tert-OH is 1. The van der Waals surface area contributed by atoms with Crippen molar-refractivity contribution in [1.29, 1.82) is 0 Å². The average molecular weight is 319 g/mol. The fourth-order valence-corrected chi connectivity index (χ4v) is 4.08. The third-order valence-electron chi connectivity index (χ3n) is 5.39. The lowest BCUT2D eigenvalue weighted by Gasteiger charge is -2.42. The third-order valence-corrected chi connectivity index (χ3v) is 5.39. The van der Waals surface area contributed by atoms with E-state index < -0.39 is 0 Å². The molecule has 1 amide bonds. The standard InChI is InChI=1S/C18H25NO4/c1-22-13-6-7-14(15(11-13)23-2)17(21)19-10-4-9-18(12-19)8-3-5-16(18)20/h6-7,11,16,20H,3-5,8-10,12H2,1-2H3/t16-,18+/m1/s1. The van der Waals surface area contributed by atoms with Crippen LogP contribution in [0, 0.1) is 5.41 Å². The Labute approximate surface area is 137 Å². The number of hydrogen-bond donors (Lipinski definition) is 1. The molecular weight excluding hydrogens is 294 g/mol. The van der Waals surface area contributed by atoms with Gasteiger partial charge in [-0.3, -0.25) is 4.79 Å². The Balaban J connectivity index is 1.83. The van der Waals surface area contributed by atoms with Crippen LogP contribution in [0.4, 0.5) is 0 Å². The maximum Gasteiger partial charge on any atom is 0.257 e. The Morgan fingerprint density at radius 3 is 2.70 bits per heavy atom. The minimum Gasteiger partial charge on any atom is -0.497 e. The van der Waals surface area contributed by atoms with Crippen molar-refractivity contribution in [3.8, 4) is 11.5 Å². The number of hydrogen-bond acceptors (Lipinski definition) is 4. The predicted octanol–water partition coefficient (Wildman–Crippen LogP) is 2.47. The molecule has 126 valence electrons. The van der Waals surface area contributed by atoms with Crippen LogP contribution in [0.25, 0.3) is 0 Å². The molecule has 1 heterocycles. The molecule has 0 unspecified atom stereocenters. The third kappa shape index (κ3) is 2.90. The second-order valence-electron chi connectivity index (χ2n) is 6.67. The maximum absolute atomic E-state index is 12.9. The summed E-state index contributed by atoms with van der Waals surface area (Å²) in [5, 5.41) is 10.4. The molecule has 1 aromatic carbocycles. The number of rotatable bonds is 3. The lowest BCUT2D eigenvalue weighted by molar-refractivity contribution is -0.00544. The number of piperidine rings is 1. The molecule has 23 heavy (non-hydrogen) atoms. The minimum atomic E-state index is -0.282. The van der Waals surface area contributed by atoms with Crippen LogP contribution in [0.1, 0.15) is 42.5 Å². The van der Waals surface area contributed by atoms with E-state index in [0.717, 1.165) is 38.6 Å². The van der Waals surface area contributed by atoms with E-state index in [-0.39, 0.29) is 17.4 Å². The van der Waals surface area contributed by atoms with E-state index in [9.17, 15) is 9.90 Å². The monoisotopic (exact) mass is 319 g/mol. The number of aliphatic hydroxyl groups is 1. The van der Waals surface area contributed by atoms with Crippen LogP contribution in [0.2, 0.25) is 0 Å². The van der Waals surface area contributed by atoms with E-state index in [0.29, 0.717) is 23.6 Å². The van der Waals surface area contributed by atoms with Crippen molar-refractivity contribution in [2.24, 2.45) is 5.41 Å². The fourth-order valence-electron chi connectivity index (χ4n) is 4.08. The van der Waals surface area contributed by atoms with Gasteiger partial charge in [0.25, 0.3) is 5.91 Å². The van der Waals surface area contributed by atoms with Crippen molar-refractivity contribution < 1.29 is 19.4 Å². The molecule has 2 aliphatic rings. The summed E-state index contributed by atoms with van der Waals surface area (Å²) in [6.45, 7) is 1.38. The zero-order valence-corrected chi connectivity index (χ0v) is 13.9. The van der Waals surface area contributed by atoms with Crippen LogP contribution in [0.3, 0.4) is 0 Å². The lowest BCUT2D eigenvalue weighted by Crippen LogP contribution is -2.49. The molecular formula is C18H25NO4. The molecule has 2 fully saturated rings. The summed E-state index contributed by atoms with van der Waals surface area (Å²) in [4.78, 5) is 14.8. The fraction of sp³-hybridized carbons (Fsp3) is 0.611. The number of ether oxygens (including phenoxy) is 2. The lowest BCUT2D eigenvalue weighted by atomic mass is 9.76. The van der Waals surface area contributed by atoms with Gasteiger partial charge in [-0.2, -0.15) is 0 Å². The molecule has 1 N–H and O–H groups in total. The maximum atomic E-state index is 12.9. The summed E-state index contributed by atoms with van der Waals surface area (Å²) < 4.78 is 10.6. The molecule has 1 spiro atoms. The number of likely N-dealkylation sites (tertiary alicyclic amines) is 1. The van der Waals surface area contributed by atoms with Crippen LogP contribution < -0.4 is 9.47 Å². The largest absolute Gasteiger partial charge is 0.497 e. The van der Waals surface area contributed by atoms with E-state index in [1.165, 1.54) is 0 Å². The van der Waals surface area contributed by atoms with Gasteiger partial charge in [0, 0.05) is 24.6 Å². The summed E-state index contributed by atoms with van der Waals surface area (Å²) in [6.07, 6.45) is 4.59.